The van der Waals surface area contributed by atoms with Crippen molar-refractivity contribution in [3.8, 4) is 0 Å². The molecule has 0 atom stereocenters. The van der Waals surface area contributed by atoms with Crippen LogP contribution in [-0.4, -0.2) is 117 Å². The first-order valence-corrected chi connectivity index (χ1v) is 5.41. The third-order valence-electron chi connectivity index (χ3n) is 0.621. The van der Waals surface area contributed by atoms with E-state index in [4.69, 9.17) is 60.7 Å². The van der Waals surface area contributed by atoms with E-state index in [0.29, 0.717) is 0 Å². The zero-order chi connectivity index (χ0) is 19.2. The second kappa shape index (κ2) is 73.5. The van der Waals surface area contributed by atoms with E-state index in [1.807, 2.05) is 0 Å². The molecule has 0 aliphatic heterocycles. The topological polar surface area (TPSA) is 236 Å². The molecule has 0 aromatic heterocycles. The summed E-state index contributed by atoms with van der Waals surface area (Å²) in [6.45, 7) is -1.73. The third kappa shape index (κ3) is 271. The minimum atomic E-state index is -0.954. The van der Waals surface area contributed by atoms with Gasteiger partial charge in [-0.3, -0.25) is 9.59 Å². The SMILES string of the molecule is CO.O=CO.O=CO.OCC(O)CO.OCCO.OCCO. The van der Waals surface area contributed by atoms with Gasteiger partial charge in [-0.15, -0.1) is 0 Å². The van der Waals surface area contributed by atoms with E-state index in [1.54, 1.807) is 0 Å². The molecule has 0 amide bonds. The van der Waals surface area contributed by atoms with Crippen LogP contribution in [0.1, 0.15) is 0 Å². The average molecular weight is 340 g/mol. The quantitative estimate of drug-likeness (QED) is 0.217. The van der Waals surface area contributed by atoms with E-state index in [0.717, 1.165) is 7.11 Å². The molecule has 0 radical (unpaired) electrons. The number of hydrogen-bond donors (Lipinski definition) is 10. The molecule has 12 heteroatoms. The van der Waals surface area contributed by atoms with Crippen LogP contribution in [-0.2, 0) is 9.59 Å². The van der Waals surface area contributed by atoms with Gasteiger partial charge >= 0.3 is 0 Å². The first kappa shape index (κ1) is 37.1. The van der Waals surface area contributed by atoms with Crippen molar-refractivity contribution in [2.45, 2.75) is 6.10 Å². The first-order chi connectivity index (χ1) is 10.5. The second-order valence-corrected chi connectivity index (χ2v) is 2.12. The van der Waals surface area contributed by atoms with Crippen molar-refractivity contribution in [3.05, 3.63) is 0 Å². The largest absolute Gasteiger partial charge is 0.483 e. The van der Waals surface area contributed by atoms with E-state index in [9.17, 15) is 0 Å². The van der Waals surface area contributed by atoms with Gasteiger partial charge in [0, 0.05) is 7.11 Å². The van der Waals surface area contributed by atoms with Crippen molar-refractivity contribution >= 4 is 12.9 Å². The van der Waals surface area contributed by atoms with E-state index >= 15 is 0 Å². The Bertz CT molecular complexity index is 117. The lowest BCUT2D eigenvalue weighted by atomic mass is 10.4. The molecule has 0 rings (SSSR count). The normalized spacial score (nSPS) is 6.82. The van der Waals surface area contributed by atoms with Crippen LogP contribution in [0.5, 0.6) is 0 Å². The van der Waals surface area contributed by atoms with Gasteiger partial charge in [-0.05, 0) is 0 Å². The zero-order valence-corrected chi connectivity index (χ0v) is 12.3. The molecule has 0 spiro atoms. The molecule has 0 aromatic carbocycles. The van der Waals surface area contributed by atoms with Crippen LogP contribution in [0.2, 0.25) is 0 Å². The van der Waals surface area contributed by atoms with Crippen molar-refractivity contribution in [1.82, 2.24) is 0 Å². The van der Waals surface area contributed by atoms with Crippen LogP contribution in [0.3, 0.4) is 0 Å². The maximum absolute atomic E-state index is 8.36. The summed E-state index contributed by atoms with van der Waals surface area (Å²) < 4.78 is 0. The summed E-state index contributed by atoms with van der Waals surface area (Å²) in [5, 5.41) is 75.3. The Labute approximate surface area is 127 Å². The lowest BCUT2D eigenvalue weighted by molar-refractivity contribution is -0.123. The van der Waals surface area contributed by atoms with Gasteiger partial charge < -0.3 is 51.1 Å². The Hall–Kier alpha value is -1.38. The van der Waals surface area contributed by atoms with E-state index in [1.165, 1.54) is 0 Å². The summed E-state index contributed by atoms with van der Waals surface area (Å²) in [5.74, 6) is 0. The molecule has 0 aliphatic rings. The number of carboxylic acid groups (broad SMARTS) is 2. The van der Waals surface area contributed by atoms with E-state index in [2.05, 4.69) is 0 Å². The first-order valence-electron chi connectivity index (χ1n) is 5.41. The fourth-order valence-electron chi connectivity index (χ4n) is 0.0577. The number of aliphatic hydroxyl groups is 8. The zero-order valence-electron chi connectivity index (χ0n) is 12.3. The molecule has 0 fully saturated rings. The lowest BCUT2D eigenvalue weighted by Gasteiger charge is -1.96. The second-order valence-electron chi connectivity index (χ2n) is 2.12. The Kier molecular flexibility index (Phi) is 124. The molecule has 0 aliphatic carbocycles. The number of carbonyl (C=O) groups is 2. The molecule has 12 nitrogen and oxygen atoms in total. The van der Waals surface area contributed by atoms with Gasteiger partial charge in [-0.25, -0.2) is 0 Å². The standard InChI is InChI=1S/C3H8O3.2C2H6O2.2CH2O2.CH4O/c4-1-3(6)2-5;2*3-1-2-4;2*2-1-3;1-2/h3-6H,1-2H2;2*3-4H,1-2H2;2*1H,(H,2,3);2H,1H3. The molecular formula is C10H28O12. The number of hydrogen-bond acceptors (Lipinski definition) is 10. The van der Waals surface area contributed by atoms with Crippen LogP contribution in [0.15, 0.2) is 0 Å². The Balaban J connectivity index is -0.0000000363. The molecule has 0 bridgehead atoms. The van der Waals surface area contributed by atoms with Gasteiger partial charge in [0.25, 0.3) is 12.9 Å². The summed E-state index contributed by atoms with van der Waals surface area (Å²) >= 11 is 0. The Morgan fingerprint density at radius 1 is 0.682 bits per heavy atom. The van der Waals surface area contributed by atoms with Gasteiger partial charge in [0.15, 0.2) is 0 Å². The van der Waals surface area contributed by atoms with Gasteiger partial charge in [-0.2, -0.15) is 0 Å². The maximum Gasteiger partial charge on any atom is 0.290 e. The third-order valence-corrected chi connectivity index (χ3v) is 0.621. The number of rotatable bonds is 4. The minimum Gasteiger partial charge on any atom is -0.483 e. The van der Waals surface area contributed by atoms with Gasteiger partial charge in [-0.1, -0.05) is 0 Å². The van der Waals surface area contributed by atoms with Crippen LogP contribution in [0, 0.1) is 0 Å². The minimum absolute atomic E-state index is 0.125. The molecule has 140 valence electrons. The summed E-state index contributed by atoms with van der Waals surface area (Å²) in [4.78, 5) is 16.7. The van der Waals surface area contributed by atoms with E-state index in [-0.39, 0.29) is 52.6 Å². The van der Waals surface area contributed by atoms with Gasteiger partial charge in [0.1, 0.15) is 6.10 Å². The van der Waals surface area contributed by atoms with Crippen LogP contribution < -0.4 is 0 Å². The molecule has 0 unspecified atom stereocenters. The molecule has 0 saturated heterocycles. The van der Waals surface area contributed by atoms with Crippen molar-refractivity contribution in [3.63, 3.8) is 0 Å². The summed E-state index contributed by atoms with van der Waals surface area (Å²) in [6, 6.07) is 0. The molecule has 10 N–H and O–H groups in total. The molecule has 0 aromatic rings. The van der Waals surface area contributed by atoms with Crippen LogP contribution in [0.25, 0.3) is 0 Å². The Morgan fingerprint density at radius 2 is 0.818 bits per heavy atom. The van der Waals surface area contributed by atoms with Crippen LogP contribution in [0.4, 0.5) is 0 Å². The fourth-order valence-corrected chi connectivity index (χ4v) is 0.0577. The highest BCUT2D eigenvalue weighted by Crippen LogP contribution is 1.71. The molecule has 0 heterocycles. The maximum atomic E-state index is 8.36. The monoisotopic (exact) mass is 340 g/mol. The molecule has 0 saturated carbocycles. The van der Waals surface area contributed by atoms with Crippen molar-refractivity contribution < 1.29 is 60.7 Å². The van der Waals surface area contributed by atoms with Gasteiger partial charge in [0.05, 0.1) is 39.6 Å². The van der Waals surface area contributed by atoms with Crippen molar-refractivity contribution in [2.24, 2.45) is 0 Å². The lowest BCUT2D eigenvalue weighted by Crippen LogP contribution is -2.15. The van der Waals surface area contributed by atoms with Crippen molar-refractivity contribution in [1.29, 1.82) is 0 Å². The van der Waals surface area contributed by atoms with Crippen molar-refractivity contribution in [2.75, 3.05) is 46.8 Å². The smallest absolute Gasteiger partial charge is 0.290 e. The molecule has 22 heavy (non-hydrogen) atoms. The highest BCUT2D eigenvalue weighted by molar-refractivity contribution is 5.32. The van der Waals surface area contributed by atoms with Gasteiger partial charge in [0.2, 0.25) is 0 Å². The van der Waals surface area contributed by atoms with E-state index < -0.39 is 6.10 Å². The summed E-state index contributed by atoms with van der Waals surface area (Å²) in [5.41, 5.74) is 0. The van der Waals surface area contributed by atoms with Crippen LogP contribution >= 0.6 is 0 Å². The Morgan fingerprint density at radius 3 is 0.818 bits per heavy atom. The highest BCUT2D eigenvalue weighted by atomic mass is 16.4. The highest BCUT2D eigenvalue weighted by Gasteiger charge is 1.93. The average Bonchev–Trinajstić information content (AvgIpc) is 2.57. The summed E-state index contributed by atoms with van der Waals surface area (Å²) in [7, 11) is 1.00. The summed E-state index contributed by atoms with van der Waals surface area (Å²) in [6.07, 6.45) is -0.954. The number of aliphatic hydroxyl groups excluding tert-OH is 8. The fraction of sp³-hybridized carbons (Fsp3) is 0.800. The molecular weight excluding hydrogens is 312 g/mol. The predicted molar refractivity (Wildman–Crippen MR) is 74.1 cm³/mol. The predicted octanol–water partition coefficient (Wildman–Crippen LogP) is -4.72.